The molecule has 2 fully saturated rings. The number of likely N-dealkylation sites (tertiary alicyclic amines) is 1. The summed E-state index contributed by atoms with van der Waals surface area (Å²) in [7, 11) is 3.57. The zero-order valence-electron chi connectivity index (χ0n) is 19.7. The molecule has 32 heavy (non-hydrogen) atoms. The molecule has 0 aliphatic carbocycles. The second-order valence-corrected chi connectivity index (χ2v) is 9.88. The van der Waals surface area contributed by atoms with Gasteiger partial charge in [0.2, 0.25) is 11.8 Å². The van der Waals surface area contributed by atoms with Gasteiger partial charge in [0.05, 0.1) is 18.6 Å². The van der Waals surface area contributed by atoms with Crippen molar-refractivity contribution in [2.24, 2.45) is 5.92 Å². The van der Waals surface area contributed by atoms with E-state index >= 15 is 0 Å². The number of aliphatic hydroxyl groups is 3. The number of hydrogen-bond acceptors (Lipinski definition) is 9. The first-order valence-corrected chi connectivity index (χ1v) is 12.6. The number of rotatable bonds is 10. The Hall–Kier alpha value is -0.950. The second kappa shape index (κ2) is 12.5. The van der Waals surface area contributed by atoms with E-state index in [1.54, 1.807) is 20.2 Å². The van der Waals surface area contributed by atoms with Crippen LogP contribution in [0, 0.1) is 5.92 Å². The number of amides is 2. The summed E-state index contributed by atoms with van der Waals surface area (Å²) in [5.41, 5.74) is -0.777. The second-order valence-electron chi connectivity index (χ2n) is 8.94. The van der Waals surface area contributed by atoms with Crippen molar-refractivity contribution >= 4 is 23.6 Å². The fraction of sp³-hybridized carbons (Fsp3) is 0.905. The third-order valence-electron chi connectivity index (χ3n) is 6.40. The Morgan fingerprint density at radius 3 is 2.47 bits per heavy atom. The molecule has 186 valence electrons. The van der Waals surface area contributed by atoms with Gasteiger partial charge in [-0.15, -0.1) is 11.8 Å². The van der Waals surface area contributed by atoms with Crippen molar-refractivity contribution in [1.82, 2.24) is 20.9 Å². The maximum Gasteiger partial charge on any atom is 0.237 e. The molecule has 6 N–H and O–H groups in total. The molecule has 5 unspecified atom stereocenters. The summed E-state index contributed by atoms with van der Waals surface area (Å²) in [6.45, 7) is 4.78. The van der Waals surface area contributed by atoms with Crippen LogP contribution in [0.1, 0.15) is 33.1 Å². The highest BCUT2D eigenvalue weighted by Crippen LogP contribution is 2.30. The van der Waals surface area contributed by atoms with Crippen LogP contribution in [-0.2, 0) is 14.3 Å². The van der Waals surface area contributed by atoms with Crippen LogP contribution in [0.25, 0.3) is 0 Å². The molecule has 2 aliphatic rings. The van der Waals surface area contributed by atoms with E-state index < -0.39 is 41.9 Å². The highest BCUT2D eigenvalue weighted by Gasteiger charge is 2.48. The molecule has 0 radical (unpaired) electrons. The highest BCUT2D eigenvalue weighted by molar-refractivity contribution is 7.99. The van der Waals surface area contributed by atoms with Gasteiger partial charge in [0.15, 0.2) is 0 Å². The monoisotopic (exact) mass is 476 g/mol. The molecule has 2 rings (SSSR count). The van der Waals surface area contributed by atoms with Crippen LogP contribution in [0.5, 0.6) is 0 Å². The molecule has 2 heterocycles. The molecule has 0 bridgehead atoms. The maximum atomic E-state index is 13.2. The Balaban J connectivity index is 2.22. The van der Waals surface area contributed by atoms with Crippen LogP contribution in [0.2, 0.25) is 0 Å². The molecule has 10 nitrogen and oxygen atoms in total. The quantitative estimate of drug-likeness (QED) is 0.222. The maximum absolute atomic E-state index is 13.2. The normalized spacial score (nSPS) is 35.3. The van der Waals surface area contributed by atoms with Crippen LogP contribution < -0.4 is 16.0 Å². The summed E-state index contributed by atoms with van der Waals surface area (Å²) in [4.78, 5) is 27.4. The van der Waals surface area contributed by atoms with E-state index in [1.165, 1.54) is 11.8 Å². The topological polar surface area (TPSA) is 143 Å². The van der Waals surface area contributed by atoms with Gasteiger partial charge in [-0.05, 0) is 46.0 Å². The fourth-order valence-electron chi connectivity index (χ4n) is 4.70. The molecule has 2 amide bonds. The van der Waals surface area contributed by atoms with Gasteiger partial charge in [-0.2, -0.15) is 0 Å². The number of carbonyl (C=O) groups is 2. The Morgan fingerprint density at radius 1 is 1.19 bits per heavy atom. The van der Waals surface area contributed by atoms with Crippen LogP contribution in [0.3, 0.4) is 0 Å². The minimum Gasteiger partial charge on any atom is -0.388 e. The van der Waals surface area contributed by atoms with Crippen LogP contribution >= 0.6 is 11.8 Å². The first kappa shape index (κ1) is 27.3. The lowest BCUT2D eigenvalue weighted by molar-refractivity contribution is -0.207. The standard InChI is InChI=1S/C21H40N4O6S/c1-6-7-12-8-13(25(4)10-12)20(30)24-15(11(2)23-14(26)9-22-3)19-17(28)16(27)18(29)21(31-19)32-5/h11-13,15-19,21-22,27-29H,6-10H2,1-5H3,(H,23,26)(H,24,30)/t11-,12+,13-,15+,16?,17?,18?,19?,21?/m0/s1. The van der Waals surface area contributed by atoms with Gasteiger partial charge in [0.1, 0.15) is 29.9 Å². The van der Waals surface area contributed by atoms with Gasteiger partial charge < -0.3 is 36.0 Å². The molecule has 0 aromatic carbocycles. The summed E-state index contributed by atoms with van der Waals surface area (Å²) in [5.74, 6) is -0.0307. The Labute approximate surface area is 194 Å². The van der Waals surface area contributed by atoms with Crippen molar-refractivity contribution in [3.8, 4) is 0 Å². The lowest BCUT2D eigenvalue weighted by Crippen LogP contribution is -2.67. The predicted octanol–water partition coefficient (Wildman–Crippen LogP) is -1.51. The van der Waals surface area contributed by atoms with Crippen LogP contribution in [0.15, 0.2) is 0 Å². The zero-order chi connectivity index (χ0) is 24.0. The molecule has 9 atom stereocenters. The highest BCUT2D eigenvalue weighted by atomic mass is 32.2. The largest absolute Gasteiger partial charge is 0.388 e. The van der Waals surface area contributed by atoms with E-state index in [2.05, 4.69) is 22.9 Å². The predicted molar refractivity (Wildman–Crippen MR) is 123 cm³/mol. The number of hydrogen-bond donors (Lipinski definition) is 6. The van der Waals surface area contributed by atoms with Gasteiger partial charge >= 0.3 is 0 Å². The van der Waals surface area contributed by atoms with E-state index in [0.29, 0.717) is 5.92 Å². The molecule has 0 aromatic heterocycles. The van der Waals surface area contributed by atoms with Crippen molar-refractivity contribution in [1.29, 1.82) is 0 Å². The van der Waals surface area contributed by atoms with Crippen molar-refractivity contribution in [3.63, 3.8) is 0 Å². The number of carbonyl (C=O) groups excluding carboxylic acids is 2. The molecule has 11 heteroatoms. The molecular formula is C21H40N4O6S. The minimum absolute atomic E-state index is 0.0952. The number of nitrogens with one attached hydrogen (secondary N) is 3. The number of ether oxygens (including phenoxy) is 1. The molecular weight excluding hydrogens is 436 g/mol. The van der Waals surface area contributed by atoms with Crippen LogP contribution in [-0.4, -0.2) is 113 Å². The molecule has 2 aliphatic heterocycles. The van der Waals surface area contributed by atoms with Crippen molar-refractivity contribution in [3.05, 3.63) is 0 Å². The molecule has 0 aromatic rings. The average molecular weight is 477 g/mol. The Bertz CT molecular complexity index is 627. The first-order valence-electron chi connectivity index (χ1n) is 11.3. The zero-order valence-corrected chi connectivity index (χ0v) is 20.5. The SMILES string of the molecule is CCC[C@@H]1C[C@@H](C(=O)N[C@@H](C2OC(SC)C(O)C(O)C2O)[C@H](C)NC(=O)CNC)N(C)C1. The van der Waals surface area contributed by atoms with Gasteiger partial charge in [-0.3, -0.25) is 14.5 Å². The van der Waals surface area contributed by atoms with E-state index in [4.69, 9.17) is 4.74 Å². The van der Waals surface area contributed by atoms with Crippen molar-refractivity contribution in [2.75, 3.05) is 33.4 Å². The molecule has 0 spiro atoms. The fourth-order valence-corrected chi connectivity index (χ4v) is 5.38. The van der Waals surface area contributed by atoms with Gasteiger partial charge in [-0.1, -0.05) is 13.3 Å². The van der Waals surface area contributed by atoms with Crippen molar-refractivity contribution < 1.29 is 29.6 Å². The summed E-state index contributed by atoms with van der Waals surface area (Å²) >= 11 is 1.20. The summed E-state index contributed by atoms with van der Waals surface area (Å²) in [6, 6.07) is -1.72. The van der Waals surface area contributed by atoms with E-state index in [-0.39, 0.29) is 24.4 Å². The van der Waals surface area contributed by atoms with E-state index in [0.717, 1.165) is 25.8 Å². The van der Waals surface area contributed by atoms with E-state index in [1.807, 2.05) is 11.9 Å². The molecule has 0 saturated carbocycles. The minimum atomic E-state index is -1.44. The Morgan fingerprint density at radius 2 is 1.88 bits per heavy atom. The third-order valence-corrected chi connectivity index (χ3v) is 7.26. The smallest absolute Gasteiger partial charge is 0.237 e. The van der Waals surface area contributed by atoms with E-state index in [9.17, 15) is 24.9 Å². The number of aliphatic hydroxyl groups excluding tert-OH is 3. The summed E-state index contributed by atoms with van der Waals surface area (Å²) in [5, 5.41) is 39.8. The average Bonchev–Trinajstić information content (AvgIpc) is 3.11. The Kier molecular flexibility index (Phi) is 10.7. The summed E-state index contributed by atoms with van der Waals surface area (Å²) < 4.78 is 5.91. The van der Waals surface area contributed by atoms with Crippen LogP contribution in [0.4, 0.5) is 0 Å². The van der Waals surface area contributed by atoms with Gasteiger partial charge in [0, 0.05) is 12.6 Å². The lowest BCUT2D eigenvalue weighted by atomic mass is 9.90. The number of nitrogens with zero attached hydrogens (tertiary/aromatic N) is 1. The van der Waals surface area contributed by atoms with Crippen molar-refractivity contribution in [2.45, 2.75) is 81.1 Å². The third kappa shape index (κ3) is 6.55. The number of likely N-dealkylation sites (N-methyl/N-ethyl adjacent to an activating group) is 2. The van der Waals surface area contributed by atoms with Gasteiger partial charge in [-0.25, -0.2) is 0 Å². The number of thioether (sulfide) groups is 1. The lowest BCUT2D eigenvalue weighted by Gasteiger charge is -2.45. The molecule has 2 saturated heterocycles. The van der Waals surface area contributed by atoms with Gasteiger partial charge in [0.25, 0.3) is 0 Å². The summed E-state index contributed by atoms with van der Waals surface area (Å²) in [6.07, 6.45) is -0.574. The first-order chi connectivity index (χ1) is 15.1.